The molecule has 5 nitrogen and oxygen atoms in total. The summed E-state index contributed by atoms with van der Waals surface area (Å²) in [4.78, 5) is 16.9. The van der Waals surface area contributed by atoms with Gasteiger partial charge in [0.2, 0.25) is 5.91 Å². The van der Waals surface area contributed by atoms with Crippen molar-refractivity contribution in [3.8, 4) is 0 Å². The predicted octanol–water partition coefficient (Wildman–Crippen LogP) is 1.61. The molecule has 1 aromatic carbocycles. The Morgan fingerprint density at radius 3 is 2.65 bits per heavy atom. The molecule has 1 N–H and O–H groups in total. The van der Waals surface area contributed by atoms with Crippen molar-refractivity contribution in [2.24, 2.45) is 0 Å². The summed E-state index contributed by atoms with van der Waals surface area (Å²) >= 11 is 6.12. The molecule has 0 aliphatic carbocycles. The molecule has 23 heavy (non-hydrogen) atoms. The van der Waals surface area contributed by atoms with Crippen molar-refractivity contribution in [2.45, 2.75) is 19.5 Å². The Labute approximate surface area is 143 Å². The lowest BCUT2D eigenvalue weighted by Crippen LogP contribution is -2.54. The van der Waals surface area contributed by atoms with E-state index in [9.17, 15) is 4.79 Å². The molecular weight excluding hydrogens is 314 g/mol. The zero-order valence-corrected chi connectivity index (χ0v) is 14.7. The van der Waals surface area contributed by atoms with E-state index in [-0.39, 0.29) is 11.9 Å². The lowest BCUT2D eigenvalue weighted by molar-refractivity contribution is -0.126. The second-order valence-corrected chi connectivity index (χ2v) is 6.26. The van der Waals surface area contributed by atoms with Crippen LogP contribution in [0.3, 0.4) is 0 Å². The first kappa shape index (κ1) is 18.2. The van der Waals surface area contributed by atoms with Gasteiger partial charge in [-0.1, -0.05) is 29.8 Å². The van der Waals surface area contributed by atoms with Gasteiger partial charge in [-0.05, 0) is 18.6 Å². The second kappa shape index (κ2) is 9.23. The van der Waals surface area contributed by atoms with Gasteiger partial charge >= 0.3 is 0 Å². The summed E-state index contributed by atoms with van der Waals surface area (Å²) in [6, 6.07) is 7.46. The summed E-state index contributed by atoms with van der Waals surface area (Å²) in [6.07, 6.45) is 0. The van der Waals surface area contributed by atoms with E-state index in [1.165, 1.54) is 0 Å². The van der Waals surface area contributed by atoms with Gasteiger partial charge in [0, 0.05) is 51.4 Å². The van der Waals surface area contributed by atoms with E-state index in [4.69, 9.17) is 16.3 Å². The predicted molar refractivity (Wildman–Crippen MR) is 92.6 cm³/mol. The van der Waals surface area contributed by atoms with Crippen molar-refractivity contribution < 1.29 is 9.53 Å². The molecule has 2 rings (SSSR count). The minimum atomic E-state index is -0.123. The normalized spacial score (nSPS) is 17.9. The Morgan fingerprint density at radius 2 is 2.00 bits per heavy atom. The molecule has 1 aliphatic heterocycles. The second-order valence-electron chi connectivity index (χ2n) is 5.86. The lowest BCUT2D eigenvalue weighted by Gasteiger charge is -2.37. The van der Waals surface area contributed by atoms with Gasteiger partial charge in [0.05, 0.1) is 12.6 Å². The monoisotopic (exact) mass is 339 g/mol. The Hall–Kier alpha value is -1.14. The highest BCUT2D eigenvalue weighted by Gasteiger charge is 2.25. The third kappa shape index (κ3) is 5.46. The Morgan fingerprint density at radius 1 is 1.30 bits per heavy atom. The van der Waals surface area contributed by atoms with Gasteiger partial charge in [0.15, 0.2) is 0 Å². The number of nitrogens with one attached hydrogen (secondary N) is 1. The molecule has 1 aliphatic rings. The number of ether oxygens (including phenoxy) is 1. The largest absolute Gasteiger partial charge is 0.383 e. The molecule has 1 aromatic rings. The molecule has 6 heteroatoms. The van der Waals surface area contributed by atoms with E-state index in [1.54, 1.807) is 7.11 Å². The topological polar surface area (TPSA) is 44.8 Å². The molecule has 128 valence electrons. The van der Waals surface area contributed by atoms with Crippen molar-refractivity contribution in [1.82, 2.24) is 15.1 Å². The minimum Gasteiger partial charge on any atom is -0.383 e. The van der Waals surface area contributed by atoms with Gasteiger partial charge in [0.25, 0.3) is 0 Å². The van der Waals surface area contributed by atoms with E-state index in [2.05, 4.69) is 15.1 Å². The molecule has 0 saturated carbocycles. The average molecular weight is 340 g/mol. The van der Waals surface area contributed by atoms with Crippen LogP contribution >= 0.6 is 11.6 Å². The van der Waals surface area contributed by atoms with E-state index in [0.717, 1.165) is 44.9 Å². The van der Waals surface area contributed by atoms with Crippen LogP contribution in [0.2, 0.25) is 5.02 Å². The first-order chi connectivity index (χ1) is 11.1. The number of amides is 1. The van der Waals surface area contributed by atoms with E-state index in [1.807, 2.05) is 31.2 Å². The number of halogens is 1. The Balaban J connectivity index is 1.76. The summed E-state index contributed by atoms with van der Waals surface area (Å²) < 4.78 is 5.11. The molecule has 0 spiro atoms. The molecule has 0 bridgehead atoms. The van der Waals surface area contributed by atoms with Crippen molar-refractivity contribution in [1.29, 1.82) is 0 Å². The van der Waals surface area contributed by atoms with Crippen molar-refractivity contribution in [3.05, 3.63) is 34.9 Å². The van der Waals surface area contributed by atoms with E-state index in [0.29, 0.717) is 11.6 Å². The number of rotatable bonds is 7. The van der Waals surface area contributed by atoms with E-state index < -0.39 is 0 Å². The maximum absolute atomic E-state index is 12.4. The fraction of sp³-hybridized carbons (Fsp3) is 0.588. The zero-order valence-electron chi connectivity index (χ0n) is 13.9. The zero-order chi connectivity index (χ0) is 16.7. The summed E-state index contributed by atoms with van der Waals surface area (Å²) in [5, 5.41) is 3.67. The molecule has 1 saturated heterocycles. The summed E-state index contributed by atoms with van der Waals surface area (Å²) in [7, 11) is 1.72. The van der Waals surface area contributed by atoms with Crippen LogP contribution in [-0.4, -0.2) is 68.2 Å². The fourth-order valence-corrected chi connectivity index (χ4v) is 2.93. The van der Waals surface area contributed by atoms with Gasteiger partial charge in [-0.25, -0.2) is 0 Å². The standard InChI is InChI=1S/C17H26ClN3O2/c1-14(21-9-7-20(8-10-21)11-12-23-2)17(22)19-13-15-5-3-4-6-16(15)18/h3-6,14H,7-13H2,1-2H3,(H,19,22)/t14-/m0/s1. The first-order valence-electron chi connectivity index (χ1n) is 8.08. The number of carbonyl (C=O) groups excluding carboxylic acids is 1. The van der Waals surface area contributed by atoms with Crippen molar-refractivity contribution in [2.75, 3.05) is 46.4 Å². The molecule has 1 heterocycles. The van der Waals surface area contributed by atoms with Crippen LogP contribution < -0.4 is 5.32 Å². The third-order valence-electron chi connectivity index (χ3n) is 4.36. The third-order valence-corrected chi connectivity index (χ3v) is 4.73. The Kier molecular flexibility index (Phi) is 7.30. The minimum absolute atomic E-state index is 0.0512. The fourth-order valence-electron chi connectivity index (χ4n) is 2.73. The van der Waals surface area contributed by atoms with E-state index >= 15 is 0 Å². The summed E-state index contributed by atoms with van der Waals surface area (Å²) in [6.45, 7) is 7.92. The molecule has 1 amide bonds. The van der Waals surface area contributed by atoms with Crippen molar-refractivity contribution in [3.63, 3.8) is 0 Å². The highest BCUT2D eigenvalue weighted by Crippen LogP contribution is 2.14. The SMILES string of the molecule is COCCN1CCN([C@@H](C)C(=O)NCc2ccccc2Cl)CC1. The van der Waals surface area contributed by atoms with Crippen LogP contribution in [0.25, 0.3) is 0 Å². The van der Waals surface area contributed by atoms with Crippen LogP contribution in [0.15, 0.2) is 24.3 Å². The van der Waals surface area contributed by atoms with Crippen LogP contribution in [0.1, 0.15) is 12.5 Å². The molecule has 0 unspecified atom stereocenters. The maximum Gasteiger partial charge on any atom is 0.237 e. The van der Waals surface area contributed by atoms with Gasteiger partial charge in [-0.15, -0.1) is 0 Å². The number of hydrogen-bond donors (Lipinski definition) is 1. The molecule has 0 radical (unpaired) electrons. The van der Waals surface area contributed by atoms with Crippen molar-refractivity contribution >= 4 is 17.5 Å². The van der Waals surface area contributed by atoms with Crippen LogP contribution in [0, 0.1) is 0 Å². The molecule has 1 fully saturated rings. The molecule has 0 aromatic heterocycles. The van der Waals surface area contributed by atoms with Gasteiger partial charge in [-0.3, -0.25) is 14.6 Å². The number of piperazine rings is 1. The number of carbonyl (C=O) groups is 1. The highest BCUT2D eigenvalue weighted by molar-refractivity contribution is 6.31. The smallest absolute Gasteiger partial charge is 0.237 e. The van der Waals surface area contributed by atoms with Crippen LogP contribution in [0.5, 0.6) is 0 Å². The summed E-state index contributed by atoms with van der Waals surface area (Å²) in [5.41, 5.74) is 0.944. The summed E-state index contributed by atoms with van der Waals surface area (Å²) in [5.74, 6) is 0.0512. The quantitative estimate of drug-likeness (QED) is 0.819. The van der Waals surface area contributed by atoms with Gasteiger partial charge in [-0.2, -0.15) is 0 Å². The highest BCUT2D eigenvalue weighted by atomic mass is 35.5. The average Bonchev–Trinajstić information content (AvgIpc) is 2.59. The number of hydrogen-bond acceptors (Lipinski definition) is 4. The van der Waals surface area contributed by atoms with Gasteiger partial charge in [0.1, 0.15) is 0 Å². The van der Waals surface area contributed by atoms with Gasteiger partial charge < -0.3 is 10.1 Å². The molecular formula is C17H26ClN3O2. The number of nitrogens with zero attached hydrogens (tertiary/aromatic N) is 2. The molecule has 1 atom stereocenters. The first-order valence-corrected chi connectivity index (χ1v) is 8.46. The number of benzene rings is 1. The lowest BCUT2D eigenvalue weighted by atomic mass is 10.2. The number of methoxy groups -OCH3 is 1. The van der Waals surface area contributed by atoms with Crippen LogP contribution in [-0.2, 0) is 16.1 Å². The van der Waals surface area contributed by atoms with Crippen LogP contribution in [0.4, 0.5) is 0 Å². The maximum atomic E-state index is 12.4. The Bertz CT molecular complexity index is 504.